The molecule has 0 saturated heterocycles. The lowest BCUT2D eigenvalue weighted by Crippen LogP contribution is -2.55. The molecule has 4 bridgehead atoms. The van der Waals surface area contributed by atoms with Gasteiger partial charge in [0.1, 0.15) is 12.0 Å². The van der Waals surface area contributed by atoms with E-state index in [4.69, 9.17) is 4.74 Å². The number of carbonyl (C=O) groups excluding carboxylic acids is 1. The van der Waals surface area contributed by atoms with E-state index in [-0.39, 0.29) is 11.3 Å². The van der Waals surface area contributed by atoms with Gasteiger partial charge in [-0.15, -0.1) is 0 Å². The van der Waals surface area contributed by atoms with E-state index < -0.39 is 0 Å². The van der Waals surface area contributed by atoms with Crippen LogP contribution in [0.2, 0.25) is 0 Å². The van der Waals surface area contributed by atoms with Gasteiger partial charge in [-0.25, -0.2) is 0 Å². The van der Waals surface area contributed by atoms with Crippen molar-refractivity contribution in [1.29, 1.82) is 0 Å². The van der Waals surface area contributed by atoms with Gasteiger partial charge in [0.25, 0.3) is 0 Å². The van der Waals surface area contributed by atoms with E-state index in [1.54, 1.807) is 7.11 Å². The maximum atomic E-state index is 11.8. The molecule has 0 spiro atoms. The van der Waals surface area contributed by atoms with Crippen molar-refractivity contribution in [2.45, 2.75) is 37.5 Å². The standard InChI is InChI=1S/C18H22O2/c1-20-16-4-2-3-15(8-16)18-9-12-5-13(10-18)7-14(6-12)17(18)11-19/h2-4,8,11-14,17H,5-7,9-10H2,1H3. The largest absolute Gasteiger partial charge is 0.497 e. The van der Waals surface area contributed by atoms with Crippen LogP contribution < -0.4 is 4.74 Å². The van der Waals surface area contributed by atoms with Crippen LogP contribution in [0.5, 0.6) is 5.75 Å². The summed E-state index contributed by atoms with van der Waals surface area (Å²) in [6.45, 7) is 0. The van der Waals surface area contributed by atoms with Crippen molar-refractivity contribution < 1.29 is 9.53 Å². The van der Waals surface area contributed by atoms with Gasteiger partial charge in [0.2, 0.25) is 0 Å². The Morgan fingerprint density at radius 2 is 1.95 bits per heavy atom. The summed E-state index contributed by atoms with van der Waals surface area (Å²) in [5.41, 5.74) is 1.44. The van der Waals surface area contributed by atoms with E-state index >= 15 is 0 Å². The van der Waals surface area contributed by atoms with Crippen molar-refractivity contribution in [3.63, 3.8) is 0 Å². The summed E-state index contributed by atoms with van der Waals surface area (Å²) in [7, 11) is 1.72. The minimum Gasteiger partial charge on any atom is -0.497 e. The van der Waals surface area contributed by atoms with Gasteiger partial charge in [0.15, 0.2) is 0 Å². The number of aldehydes is 1. The quantitative estimate of drug-likeness (QED) is 0.785. The first-order valence-electron chi connectivity index (χ1n) is 7.85. The van der Waals surface area contributed by atoms with Crippen LogP contribution in [0.15, 0.2) is 24.3 Å². The molecule has 0 N–H and O–H groups in total. The third-order valence-corrected chi connectivity index (χ3v) is 6.18. The number of hydrogen-bond donors (Lipinski definition) is 0. The predicted molar refractivity (Wildman–Crippen MR) is 77.8 cm³/mol. The molecule has 1 aromatic rings. The summed E-state index contributed by atoms with van der Waals surface area (Å²) in [6.07, 6.45) is 7.64. The lowest BCUT2D eigenvalue weighted by atomic mass is 9.44. The van der Waals surface area contributed by atoms with Crippen LogP contribution in [-0.4, -0.2) is 13.4 Å². The third-order valence-electron chi connectivity index (χ3n) is 6.18. The molecule has 4 aliphatic rings. The minimum atomic E-state index is 0.102. The molecule has 0 aliphatic heterocycles. The molecule has 0 radical (unpaired) electrons. The zero-order chi connectivity index (χ0) is 13.7. The monoisotopic (exact) mass is 270 g/mol. The molecule has 5 rings (SSSR count). The smallest absolute Gasteiger partial charge is 0.124 e. The van der Waals surface area contributed by atoms with Gasteiger partial charge in [0.05, 0.1) is 7.11 Å². The van der Waals surface area contributed by atoms with Crippen LogP contribution >= 0.6 is 0 Å². The van der Waals surface area contributed by atoms with Crippen molar-refractivity contribution >= 4 is 6.29 Å². The summed E-state index contributed by atoms with van der Waals surface area (Å²) in [5, 5.41) is 0. The molecule has 2 heteroatoms. The number of benzene rings is 1. The molecule has 1 aromatic carbocycles. The van der Waals surface area contributed by atoms with Crippen LogP contribution in [0.4, 0.5) is 0 Å². The van der Waals surface area contributed by atoms with Crippen molar-refractivity contribution in [2.75, 3.05) is 7.11 Å². The van der Waals surface area contributed by atoms with Crippen molar-refractivity contribution in [3.8, 4) is 5.75 Å². The van der Waals surface area contributed by atoms with Crippen LogP contribution in [0.1, 0.15) is 37.7 Å². The molecule has 106 valence electrons. The summed E-state index contributed by atoms with van der Waals surface area (Å²) >= 11 is 0. The fraction of sp³-hybridized carbons (Fsp3) is 0.611. The molecule has 4 fully saturated rings. The fourth-order valence-corrected chi connectivity index (χ4v) is 5.68. The molecule has 0 aromatic heterocycles. The first-order valence-corrected chi connectivity index (χ1v) is 7.85. The topological polar surface area (TPSA) is 26.3 Å². The maximum absolute atomic E-state index is 11.8. The lowest BCUT2D eigenvalue weighted by Gasteiger charge is -2.60. The van der Waals surface area contributed by atoms with Gasteiger partial charge >= 0.3 is 0 Å². The first kappa shape index (κ1) is 12.4. The van der Waals surface area contributed by atoms with E-state index in [9.17, 15) is 4.79 Å². The molecule has 2 nitrogen and oxygen atoms in total. The highest BCUT2D eigenvalue weighted by atomic mass is 16.5. The summed E-state index contributed by atoms with van der Waals surface area (Å²) in [4.78, 5) is 11.8. The number of methoxy groups -OCH3 is 1. The van der Waals surface area contributed by atoms with Crippen molar-refractivity contribution in [1.82, 2.24) is 0 Å². The third kappa shape index (κ3) is 1.60. The molecule has 20 heavy (non-hydrogen) atoms. The Hall–Kier alpha value is -1.31. The van der Waals surface area contributed by atoms with Gasteiger partial charge in [-0.2, -0.15) is 0 Å². The van der Waals surface area contributed by atoms with E-state index in [0.29, 0.717) is 5.92 Å². The number of rotatable bonds is 3. The van der Waals surface area contributed by atoms with E-state index in [1.807, 2.05) is 6.07 Å². The van der Waals surface area contributed by atoms with Crippen LogP contribution in [0, 0.1) is 23.7 Å². The number of ether oxygens (including phenoxy) is 1. The number of hydrogen-bond acceptors (Lipinski definition) is 2. The second kappa shape index (κ2) is 4.34. The van der Waals surface area contributed by atoms with E-state index in [0.717, 1.165) is 17.6 Å². The molecule has 3 unspecified atom stereocenters. The average Bonchev–Trinajstić information content (AvgIpc) is 2.46. The summed E-state index contributed by atoms with van der Waals surface area (Å²) < 4.78 is 5.40. The van der Waals surface area contributed by atoms with Gasteiger partial charge in [-0.1, -0.05) is 12.1 Å². The molecule has 0 heterocycles. The molecule has 0 amide bonds. The molecular weight excluding hydrogens is 248 g/mol. The highest BCUT2D eigenvalue weighted by Gasteiger charge is 2.57. The van der Waals surface area contributed by atoms with E-state index in [1.165, 1.54) is 44.0 Å². The van der Waals surface area contributed by atoms with Gasteiger partial charge < -0.3 is 9.53 Å². The Balaban J connectivity index is 1.81. The predicted octanol–water partition coefficient (Wildman–Crippen LogP) is 3.59. The highest BCUT2D eigenvalue weighted by molar-refractivity contribution is 5.60. The van der Waals surface area contributed by atoms with Crippen molar-refractivity contribution in [2.24, 2.45) is 23.7 Å². The molecule has 4 aliphatic carbocycles. The first-order chi connectivity index (χ1) is 9.75. The Morgan fingerprint density at radius 3 is 2.60 bits per heavy atom. The SMILES string of the molecule is COc1cccc(C23CC4CC(CC(C4)C2C=O)C3)c1. The summed E-state index contributed by atoms with van der Waals surface area (Å²) in [5.74, 6) is 3.46. The van der Waals surface area contributed by atoms with Crippen LogP contribution in [0.3, 0.4) is 0 Å². The van der Waals surface area contributed by atoms with Gasteiger partial charge in [-0.05, 0) is 67.6 Å². The second-order valence-electron chi connectivity index (χ2n) is 7.16. The Kier molecular flexibility index (Phi) is 2.70. The molecule has 3 atom stereocenters. The average molecular weight is 270 g/mol. The second-order valence-corrected chi connectivity index (χ2v) is 7.16. The summed E-state index contributed by atoms with van der Waals surface area (Å²) in [6, 6.07) is 8.46. The Labute approximate surface area is 120 Å². The zero-order valence-electron chi connectivity index (χ0n) is 12.0. The molecule has 4 saturated carbocycles. The fourth-order valence-electron chi connectivity index (χ4n) is 5.68. The van der Waals surface area contributed by atoms with Crippen molar-refractivity contribution in [3.05, 3.63) is 29.8 Å². The zero-order valence-corrected chi connectivity index (χ0v) is 12.0. The highest BCUT2D eigenvalue weighted by Crippen LogP contribution is 2.63. The maximum Gasteiger partial charge on any atom is 0.124 e. The number of carbonyl (C=O) groups is 1. The van der Waals surface area contributed by atoms with Crippen LogP contribution in [-0.2, 0) is 10.2 Å². The minimum absolute atomic E-state index is 0.102. The Bertz CT molecular complexity index is 522. The van der Waals surface area contributed by atoms with Gasteiger partial charge in [-0.3, -0.25) is 0 Å². The van der Waals surface area contributed by atoms with Crippen LogP contribution in [0.25, 0.3) is 0 Å². The van der Waals surface area contributed by atoms with Gasteiger partial charge in [0, 0.05) is 11.3 Å². The normalized spacial score (nSPS) is 41.6. The lowest BCUT2D eigenvalue weighted by molar-refractivity contribution is -0.127. The molecular formula is C18H22O2. The Morgan fingerprint density at radius 1 is 1.20 bits per heavy atom. The van der Waals surface area contributed by atoms with E-state index in [2.05, 4.69) is 18.2 Å².